The zero-order valence-electron chi connectivity index (χ0n) is 16.8. The number of ether oxygens (including phenoxy) is 1. The molecule has 2 aliphatic rings. The molecule has 0 aromatic heterocycles. The molecule has 1 aromatic rings. The van der Waals surface area contributed by atoms with Gasteiger partial charge in [0.15, 0.2) is 0 Å². The monoisotopic (exact) mass is 427 g/mol. The van der Waals surface area contributed by atoms with E-state index in [9.17, 15) is 17.6 Å². The molecular weight excluding hydrogens is 397 g/mol. The van der Waals surface area contributed by atoms with E-state index in [4.69, 9.17) is 4.74 Å². The van der Waals surface area contributed by atoms with Crippen molar-refractivity contribution in [1.29, 1.82) is 0 Å². The Bertz CT molecular complexity index is 789. The van der Waals surface area contributed by atoms with E-state index in [-0.39, 0.29) is 23.8 Å². The molecule has 2 aliphatic heterocycles. The molecule has 2 saturated heterocycles. The highest BCUT2D eigenvalue weighted by Crippen LogP contribution is 2.22. The number of nitrogens with zero attached hydrogens (tertiary/aromatic N) is 2. The van der Waals surface area contributed by atoms with Crippen molar-refractivity contribution in [2.75, 3.05) is 39.8 Å². The number of halogens is 1. The van der Waals surface area contributed by atoms with E-state index >= 15 is 0 Å². The fourth-order valence-corrected chi connectivity index (χ4v) is 5.19. The van der Waals surface area contributed by atoms with Crippen LogP contribution in [0.2, 0.25) is 0 Å². The first kappa shape index (κ1) is 22.1. The van der Waals surface area contributed by atoms with Crippen LogP contribution < -0.4 is 4.72 Å². The minimum Gasteiger partial charge on any atom is -0.381 e. The van der Waals surface area contributed by atoms with Crippen LogP contribution in [0.4, 0.5) is 4.39 Å². The number of hydrogen-bond acceptors (Lipinski definition) is 5. The number of rotatable bonds is 7. The molecule has 2 fully saturated rings. The minimum atomic E-state index is -3.82. The largest absolute Gasteiger partial charge is 0.381 e. The fourth-order valence-electron chi connectivity index (χ4n) is 4.12. The molecule has 0 saturated carbocycles. The first-order chi connectivity index (χ1) is 13.9. The summed E-state index contributed by atoms with van der Waals surface area (Å²) < 4.78 is 45.4. The second kappa shape index (κ2) is 9.97. The summed E-state index contributed by atoms with van der Waals surface area (Å²) in [5.74, 6) is -0.665. The van der Waals surface area contributed by atoms with Crippen LogP contribution in [-0.2, 0) is 19.6 Å². The summed E-state index contributed by atoms with van der Waals surface area (Å²) in [5.41, 5.74) is 0. The van der Waals surface area contributed by atoms with Gasteiger partial charge in [0, 0.05) is 52.3 Å². The average molecular weight is 428 g/mol. The number of amides is 1. The number of hydrogen-bond donors (Lipinski definition) is 1. The van der Waals surface area contributed by atoms with Gasteiger partial charge in [0.1, 0.15) is 5.82 Å². The molecule has 0 radical (unpaired) electrons. The second-order valence-electron chi connectivity index (χ2n) is 7.69. The normalized spacial score (nSPS) is 20.1. The third-order valence-corrected chi connectivity index (χ3v) is 7.34. The van der Waals surface area contributed by atoms with Gasteiger partial charge in [0.05, 0.1) is 11.0 Å². The minimum absolute atomic E-state index is 0.00212. The van der Waals surface area contributed by atoms with Crippen molar-refractivity contribution in [3.8, 4) is 0 Å². The predicted octanol–water partition coefficient (Wildman–Crippen LogP) is 1.60. The van der Waals surface area contributed by atoms with Gasteiger partial charge in [-0.1, -0.05) is 6.07 Å². The maximum atomic E-state index is 13.2. The molecule has 0 atom stereocenters. The Hall–Kier alpha value is -1.55. The highest BCUT2D eigenvalue weighted by molar-refractivity contribution is 7.89. The summed E-state index contributed by atoms with van der Waals surface area (Å²) in [6, 6.07) is 5.32. The standard InChI is InChI=1S/C20H30FN3O4S/c1-28-18-8-13-23(14-9-18)17-6-11-24(12-7-17)20(25)5-10-22-29(26,27)19-4-2-3-16(21)15-19/h2-4,15,17-18,22H,5-14H2,1H3. The molecule has 1 N–H and O–H groups in total. The summed E-state index contributed by atoms with van der Waals surface area (Å²) in [5, 5.41) is 0. The van der Waals surface area contributed by atoms with Gasteiger partial charge in [-0.05, 0) is 43.9 Å². The van der Waals surface area contributed by atoms with Crippen LogP contribution in [-0.4, -0.2) is 76.1 Å². The number of sulfonamides is 1. The summed E-state index contributed by atoms with van der Waals surface area (Å²) in [6.07, 6.45) is 4.46. The van der Waals surface area contributed by atoms with Crippen molar-refractivity contribution in [3.05, 3.63) is 30.1 Å². The fraction of sp³-hybridized carbons (Fsp3) is 0.650. The molecular formula is C20H30FN3O4S. The van der Waals surface area contributed by atoms with Crippen LogP contribution in [0.1, 0.15) is 32.1 Å². The lowest BCUT2D eigenvalue weighted by Crippen LogP contribution is -2.50. The van der Waals surface area contributed by atoms with E-state index in [1.54, 1.807) is 7.11 Å². The molecule has 3 rings (SSSR count). The maximum Gasteiger partial charge on any atom is 0.240 e. The Labute approximate surface area is 172 Å². The second-order valence-corrected chi connectivity index (χ2v) is 9.46. The average Bonchev–Trinajstić information content (AvgIpc) is 2.74. The molecule has 29 heavy (non-hydrogen) atoms. The Balaban J connectivity index is 1.40. The first-order valence-electron chi connectivity index (χ1n) is 10.2. The van der Waals surface area contributed by atoms with Gasteiger partial charge in [-0.25, -0.2) is 17.5 Å². The van der Waals surface area contributed by atoms with Crippen LogP contribution in [0, 0.1) is 5.82 Å². The molecule has 7 nitrogen and oxygen atoms in total. The van der Waals surface area contributed by atoms with Crippen LogP contribution in [0.15, 0.2) is 29.2 Å². The maximum absolute atomic E-state index is 13.2. The summed E-state index contributed by atoms with van der Waals surface area (Å²) >= 11 is 0. The van der Waals surface area contributed by atoms with Crippen LogP contribution in [0.3, 0.4) is 0 Å². The van der Waals surface area contributed by atoms with Crippen molar-refractivity contribution < 1.29 is 22.3 Å². The molecule has 1 aromatic carbocycles. The number of carbonyl (C=O) groups is 1. The zero-order chi connectivity index (χ0) is 20.9. The molecule has 0 bridgehead atoms. The molecule has 2 heterocycles. The van der Waals surface area contributed by atoms with Gasteiger partial charge in [0.25, 0.3) is 0 Å². The molecule has 9 heteroatoms. The topological polar surface area (TPSA) is 79.0 Å². The van der Waals surface area contributed by atoms with Crippen molar-refractivity contribution in [2.24, 2.45) is 0 Å². The number of methoxy groups -OCH3 is 1. The molecule has 162 valence electrons. The van der Waals surface area contributed by atoms with E-state index in [0.29, 0.717) is 25.2 Å². The molecule has 0 spiro atoms. The van der Waals surface area contributed by atoms with Crippen molar-refractivity contribution in [2.45, 2.75) is 49.1 Å². The van der Waals surface area contributed by atoms with Crippen LogP contribution >= 0.6 is 0 Å². The Morgan fingerprint density at radius 3 is 2.48 bits per heavy atom. The van der Waals surface area contributed by atoms with E-state index < -0.39 is 15.8 Å². The van der Waals surface area contributed by atoms with Crippen molar-refractivity contribution >= 4 is 15.9 Å². The van der Waals surface area contributed by atoms with E-state index in [1.807, 2.05) is 4.90 Å². The predicted molar refractivity (Wildman–Crippen MR) is 107 cm³/mol. The Kier molecular flexibility index (Phi) is 7.61. The van der Waals surface area contributed by atoms with Gasteiger partial charge >= 0.3 is 0 Å². The quantitative estimate of drug-likeness (QED) is 0.715. The number of piperidine rings is 2. The van der Waals surface area contributed by atoms with Gasteiger partial charge < -0.3 is 14.5 Å². The summed E-state index contributed by atoms with van der Waals surface area (Å²) in [7, 11) is -2.05. The Morgan fingerprint density at radius 2 is 1.86 bits per heavy atom. The molecule has 0 aliphatic carbocycles. The highest BCUT2D eigenvalue weighted by atomic mass is 32.2. The molecule has 1 amide bonds. The smallest absolute Gasteiger partial charge is 0.240 e. The van der Waals surface area contributed by atoms with Gasteiger partial charge in [0.2, 0.25) is 15.9 Å². The summed E-state index contributed by atoms with van der Waals surface area (Å²) in [6.45, 7) is 3.48. The number of nitrogens with one attached hydrogen (secondary N) is 1. The lowest BCUT2D eigenvalue weighted by atomic mass is 9.98. The van der Waals surface area contributed by atoms with Crippen LogP contribution in [0.5, 0.6) is 0 Å². The number of likely N-dealkylation sites (tertiary alicyclic amines) is 2. The number of benzene rings is 1. The van der Waals surface area contributed by atoms with Crippen LogP contribution in [0.25, 0.3) is 0 Å². The number of carbonyl (C=O) groups excluding carboxylic acids is 1. The lowest BCUT2D eigenvalue weighted by Gasteiger charge is -2.41. The van der Waals surface area contributed by atoms with E-state index in [0.717, 1.165) is 44.8 Å². The highest BCUT2D eigenvalue weighted by Gasteiger charge is 2.29. The molecule has 0 unspecified atom stereocenters. The third kappa shape index (κ3) is 5.97. The summed E-state index contributed by atoms with van der Waals surface area (Å²) in [4.78, 5) is 16.6. The third-order valence-electron chi connectivity index (χ3n) is 5.88. The van der Waals surface area contributed by atoms with E-state index in [2.05, 4.69) is 9.62 Å². The van der Waals surface area contributed by atoms with Gasteiger partial charge in [-0.3, -0.25) is 4.79 Å². The first-order valence-corrected chi connectivity index (χ1v) is 11.7. The van der Waals surface area contributed by atoms with Crippen molar-refractivity contribution in [1.82, 2.24) is 14.5 Å². The van der Waals surface area contributed by atoms with Gasteiger partial charge in [-0.15, -0.1) is 0 Å². The zero-order valence-corrected chi connectivity index (χ0v) is 17.7. The lowest BCUT2D eigenvalue weighted by molar-refractivity contribution is -0.132. The Morgan fingerprint density at radius 1 is 1.17 bits per heavy atom. The van der Waals surface area contributed by atoms with Crippen molar-refractivity contribution in [3.63, 3.8) is 0 Å². The van der Waals surface area contributed by atoms with E-state index in [1.165, 1.54) is 18.2 Å². The SMILES string of the molecule is COC1CCN(C2CCN(C(=O)CCNS(=O)(=O)c3cccc(F)c3)CC2)CC1. The van der Waals surface area contributed by atoms with Gasteiger partial charge in [-0.2, -0.15) is 0 Å².